The van der Waals surface area contributed by atoms with Gasteiger partial charge in [-0.1, -0.05) is 29.8 Å². The Morgan fingerprint density at radius 2 is 1.86 bits per heavy atom. The molecule has 0 spiro atoms. The summed E-state index contributed by atoms with van der Waals surface area (Å²) in [5.41, 5.74) is 2.60. The van der Waals surface area contributed by atoms with Crippen LogP contribution in [0.4, 0.5) is 8.78 Å². The second kappa shape index (κ2) is 11.9. The number of hydrogen-bond acceptors (Lipinski definition) is 4. The van der Waals surface area contributed by atoms with E-state index >= 15 is 0 Å². The van der Waals surface area contributed by atoms with E-state index in [1.807, 2.05) is 31.2 Å². The third kappa shape index (κ3) is 7.95. The molecule has 0 aromatic heterocycles. The van der Waals surface area contributed by atoms with E-state index in [-0.39, 0.29) is 5.75 Å². The molecule has 0 aliphatic carbocycles. The fourth-order valence-corrected chi connectivity index (χ4v) is 2.63. The van der Waals surface area contributed by atoms with Crippen LogP contribution in [0.2, 0.25) is 0 Å². The molecule has 0 aliphatic rings. The molecule has 2 N–H and O–H groups in total. The van der Waals surface area contributed by atoms with Crippen molar-refractivity contribution in [1.29, 1.82) is 0 Å². The van der Waals surface area contributed by atoms with Crippen LogP contribution in [-0.2, 0) is 17.8 Å². The highest BCUT2D eigenvalue weighted by atomic mass is 19.3. The smallest absolute Gasteiger partial charge is 0.387 e. The Hall–Kier alpha value is -2.87. The molecule has 0 radical (unpaired) electrons. The Kier molecular flexibility index (Phi) is 9.17. The van der Waals surface area contributed by atoms with E-state index in [9.17, 15) is 8.78 Å². The number of nitrogens with zero attached hydrogens (tertiary/aromatic N) is 1. The summed E-state index contributed by atoms with van der Waals surface area (Å²) in [6.45, 7) is 0.849. The number of nitrogens with one attached hydrogen (secondary N) is 2. The van der Waals surface area contributed by atoms with Crippen molar-refractivity contribution in [2.75, 3.05) is 27.4 Å². The van der Waals surface area contributed by atoms with E-state index in [2.05, 4.69) is 20.4 Å². The van der Waals surface area contributed by atoms with E-state index in [1.165, 1.54) is 0 Å². The van der Waals surface area contributed by atoms with Crippen LogP contribution in [0.1, 0.15) is 16.7 Å². The zero-order valence-corrected chi connectivity index (χ0v) is 16.9. The summed E-state index contributed by atoms with van der Waals surface area (Å²) in [7, 11) is 3.27. The highest BCUT2D eigenvalue weighted by Crippen LogP contribution is 2.22. The molecule has 0 saturated carbocycles. The standard InChI is InChI=1S/C21H27F2N3O3/c1-15-7-8-19(29-20(22)23)17(11-15)14-26-21(24-2)25-13-16-5-4-6-18(12-16)28-10-9-27-3/h4-8,11-12,20H,9-10,13-14H2,1-3H3,(H2,24,25,26). The average Bonchev–Trinajstić information content (AvgIpc) is 2.70. The molecule has 0 fully saturated rings. The van der Waals surface area contributed by atoms with Crippen LogP contribution in [0.3, 0.4) is 0 Å². The number of ether oxygens (including phenoxy) is 3. The zero-order valence-electron chi connectivity index (χ0n) is 16.9. The summed E-state index contributed by atoms with van der Waals surface area (Å²) in [5, 5.41) is 6.31. The lowest BCUT2D eigenvalue weighted by molar-refractivity contribution is -0.0504. The second-order valence-corrected chi connectivity index (χ2v) is 6.26. The van der Waals surface area contributed by atoms with Crippen LogP contribution in [0.15, 0.2) is 47.5 Å². The molecule has 8 heteroatoms. The number of aryl methyl sites for hydroxylation is 1. The highest BCUT2D eigenvalue weighted by molar-refractivity contribution is 5.79. The number of benzene rings is 2. The first-order chi connectivity index (χ1) is 14.0. The highest BCUT2D eigenvalue weighted by Gasteiger charge is 2.10. The maximum Gasteiger partial charge on any atom is 0.387 e. The van der Waals surface area contributed by atoms with E-state index < -0.39 is 6.61 Å². The van der Waals surface area contributed by atoms with Crippen LogP contribution in [0, 0.1) is 6.92 Å². The minimum atomic E-state index is -2.87. The van der Waals surface area contributed by atoms with Crippen molar-refractivity contribution in [3.8, 4) is 11.5 Å². The summed E-state index contributed by atoms with van der Waals surface area (Å²) in [4.78, 5) is 4.17. The van der Waals surface area contributed by atoms with Gasteiger partial charge in [0.05, 0.1) is 6.61 Å². The molecule has 2 aromatic rings. The van der Waals surface area contributed by atoms with Crippen LogP contribution in [0.25, 0.3) is 0 Å². The molecule has 0 bridgehead atoms. The lowest BCUT2D eigenvalue weighted by atomic mass is 10.1. The molecule has 2 aromatic carbocycles. The predicted molar refractivity (Wildman–Crippen MR) is 109 cm³/mol. The van der Waals surface area contributed by atoms with Crippen molar-refractivity contribution in [3.63, 3.8) is 0 Å². The van der Waals surface area contributed by atoms with Gasteiger partial charge >= 0.3 is 6.61 Å². The van der Waals surface area contributed by atoms with Crippen molar-refractivity contribution in [2.24, 2.45) is 4.99 Å². The molecule has 0 atom stereocenters. The van der Waals surface area contributed by atoms with Gasteiger partial charge in [0.25, 0.3) is 0 Å². The van der Waals surface area contributed by atoms with Gasteiger partial charge in [-0.05, 0) is 30.7 Å². The van der Waals surface area contributed by atoms with Crippen molar-refractivity contribution in [2.45, 2.75) is 26.6 Å². The molecule has 0 saturated heterocycles. The van der Waals surface area contributed by atoms with Gasteiger partial charge in [-0.2, -0.15) is 8.78 Å². The van der Waals surface area contributed by atoms with Gasteiger partial charge in [-0.3, -0.25) is 4.99 Å². The molecule has 0 amide bonds. The Labute approximate surface area is 169 Å². The van der Waals surface area contributed by atoms with Crippen molar-refractivity contribution in [1.82, 2.24) is 10.6 Å². The maximum absolute atomic E-state index is 12.6. The van der Waals surface area contributed by atoms with E-state index in [4.69, 9.17) is 9.47 Å². The molecule has 6 nitrogen and oxygen atoms in total. The second-order valence-electron chi connectivity index (χ2n) is 6.26. The SMILES string of the molecule is CN=C(NCc1cccc(OCCOC)c1)NCc1cc(C)ccc1OC(F)F. The Balaban J connectivity index is 1.92. The molecule has 2 rings (SSSR count). The zero-order chi connectivity index (χ0) is 21.1. The predicted octanol–water partition coefficient (Wildman–Crippen LogP) is 3.49. The average molecular weight is 407 g/mol. The van der Waals surface area contributed by atoms with Gasteiger partial charge in [0, 0.05) is 32.8 Å². The van der Waals surface area contributed by atoms with E-state index in [1.54, 1.807) is 32.4 Å². The third-order valence-electron chi connectivity index (χ3n) is 4.02. The number of rotatable bonds is 10. The summed E-state index contributed by atoms with van der Waals surface area (Å²) < 4.78 is 40.4. The number of alkyl halides is 2. The minimum Gasteiger partial charge on any atom is -0.491 e. The fourth-order valence-electron chi connectivity index (χ4n) is 2.63. The Morgan fingerprint density at radius 3 is 2.59 bits per heavy atom. The van der Waals surface area contributed by atoms with Gasteiger partial charge < -0.3 is 24.8 Å². The number of methoxy groups -OCH3 is 1. The molecule has 158 valence electrons. The van der Waals surface area contributed by atoms with Crippen molar-refractivity contribution < 1.29 is 23.0 Å². The first-order valence-electron chi connectivity index (χ1n) is 9.21. The third-order valence-corrected chi connectivity index (χ3v) is 4.02. The van der Waals surface area contributed by atoms with Crippen LogP contribution in [-0.4, -0.2) is 39.9 Å². The maximum atomic E-state index is 12.6. The van der Waals surface area contributed by atoms with E-state index in [0.29, 0.717) is 37.8 Å². The fraction of sp³-hybridized carbons (Fsp3) is 0.381. The van der Waals surface area contributed by atoms with Gasteiger partial charge in [0.1, 0.15) is 18.1 Å². The largest absolute Gasteiger partial charge is 0.491 e. The lowest BCUT2D eigenvalue weighted by Crippen LogP contribution is -2.36. The molecule has 0 aliphatic heterocycles. The number of guanidine groups is 1. The van der Waals surface area contributed by atoms with Crippen LogP contribution in [0.5, 0.6) is 11.5 Å². The van der Waals surface area contributed by atoms with Gasteiger partial charge in [-0.15, -0.1) is 0 Å². The number of aliphatic imine (C=N–C) groups is 1. The quantitative estimate of drug-likeness (QED) is 0.359. The monoisotopic (exact) mass is 407 g/mol. The first-order valence-corrected chi connectivity index (χ1v) is 9.21. The van der Waals surface area contributed by atoms with Crippen molar-refractivity contribution >= 4 is 5.96 Å². The van der Waals surface area contributed by atoms with E-state index in [0.717, 1.165) is 16.9 Å². The summed E-state index contributed by atoms with van der Waals surface area (Å²) in [6, 6.07) is 12.8. The Morgan fingerprint density at radius 1 is 1.07 bits per heavy atom. The Bertz CT molecular complexity index is 800. The lowest BCUT2D eigenvalue weighted by Gasteiger charge is -2.15. The van der Waals surface area contributed by atoms with Crippen LogP contribution >= 0.6 is 0 Å². The normalized spacial score (nSPS) is 11.4. The molecular formula is C21H27F2N3O3. The molecule has 29 heavy (non-hydrogen) atoms. The van der Waals surface area contributed by atoms with Gasteiger partial charge in [-0.25, -0.2) is 0 Å². The van der Waals surface area contributed by atoms with Gasteiger partial charge in [0.2, 0.25) is 0 Å². The molecular weight excluding hydrogens is 380 g/mol. The number of halogens is 2. The molecule has 0 heterocycles. The van der Waals surface area contributed by atoms with Crippen LogP contribution < -0.4 is 20.1 Å². The van der Waals surface area contributed by atoms with Gasteiger partial charge in [0.15, 0.2) is 5.96 Å². The molecule has 0 unspecified atom stereocenters. The topological polar surface area (TPSA) is 64.1 Å². The summed E-state index contributed by atoms with van der Waals surface area (Å²) >= 11 is 0. The first kappa shape index (κ1) is 22.4. The minimum absolute atomic E-state index is 0.148. The van der Waals surface area contributed by atoms with Crippen molar-refractivity contribution in [3.05, 3.63) is 59.2 Å². The summed E-state index contributed by atoms with van der Waals surface area (Å²) in [5.74, 6) is 1.45. The summed E-state index contributed by atoms with van der Waals surface area (Å²) in [6.07, 6.45) is 0. The number of hydrogen-bond donors (Lipinski definition) is 2.